The van der Waals surface area contributed by atoms with Gasteiger partial charge in [0.25, 0.3) is 0 Å². The minimum atomic E-state index is -1.75. The van der Waals surface area contributed by atoms with Crippen molar-refractivity contribution in [2.75, 3.05) is 0 Å². The van der Waals surface area contributed by atoms with E-state index in [1.54, 1.807) is 0 Å². The second kappa shape index (κ2) is 13.4. The number of hydrogen-bond acceptors (Lipinski definition) is 4. The van der Waals surface area contributed by atoms with Gasteiger partial charge in [-0.15, -0.1) is 0 Å². The molecular formula is C38H78O4Si4. The molecular weight excluding hydrogens is 633 g/mol. The van der Waals surface area contributed by atoms with Crippen LogP contribution in [-0.4, -0.2) is 57.2 Å². The summed E-state index contributed by atoms with van der Waals surface area (Å²) in [7, 11) is -6.72. The molecule has 4 saturated carbocycles. The number of rotatable bonds is 12. The molecule has 0 N–H and O–H groups in total. The third-order valence-electron chi connectivity index (χ3n) is 12.8. The molecule has 0 aliphatic heterocycles. The Balaban J connectivity index is 1.60. The quantitative estimate of drug-likeness (QED) is 0.189. The number of fused-ring (bicyclic) bond motifs is 5. The van der Waals surface area contributed by atoms with Gasteiger partial charge in [-0.05, 0) is 197 Å². The lowest BCUT2D eigenvalue weighted by atomic mass is 9.43. The van der Waals surface area contributed by atoms with Gasteiger partial charge in [-0.1, -0.05) is 20.8 Å². The van der Waals surface area contributed by atoms with Gasteiger partial charge in [0.15, 0.2) is 33.3 Å². The van der Waals surface area contributed by atoms with Crippen LogP contribution in [0.5, 0.6) is 0 Å². The van der Waals surface area contributed by atoms with E-state index >= 15 is 0 Å². The lowest BCUT2D eigenvalue weighted by molar-refractivity contribution is -0.169. The summed E-state index contributed by atoms with van der Waals surface area (Å²) in [5, 5.41) is 0. The maximum atomic E-state index is 7.32. The first kappa shape index (κ1) is 39.5. The topological polar surface area (TPSA) is 36.9 Å². The molecule has 4 aliphatic carbocycles. The number of hydrogen-bond donors (Lipinski definition) is 0. The molecule has 46 heavy (non-hydrogen) atoms. The first-order valence-electron chi connectivity index (χ1n) is 19.4. The molecule has 0 aromatic heterocycles. The molecule has 0 bridgehead atoms. The molecule has 0 heterocycles. The molecule has 0 radical (unpaired) electrons. The average molecular weight is 711 g/mol. The molecule has 0 aromatic carbocycles. The van der Waals surface area contributed by atoms with Gasteiger partial charge < -0.3 is 17.7 Å². The second-order valence-corrected chi connectivity index (χ2v) is 39.4. The van der Waals surface area contributed by atoms with E-state index in [-0.39, 0.29) is 11.7 Å². The van der Waals surface area contributed by atoms with Crippen LogP contribution in [0.15, 0.2) is 0 Å². The SMILES string of the molecule is CC(C[C@H](O[Si](C)(C)C)C(C)(C)O[Si](C)(C)C)C1CCC2C3C(O[Si](C)(C)C)C[C@@H]4C[C@H](O[Si](C)(C)C)CCC4(C)C3CCC12C. The Hall–Kier alpha value is 0.708. The Morgan fingerprint density at radius 1 is 0.674 bits per heavy atom. The van der Waals surface area contributed by atoms with E-state index < -0.39 is 33.3 Å². The maximum absolute atomic E-state index is 7.32. The average Bonchev–Trinajstić information content (AvgIpc) is 3.17. The van der Waals surface area contributed by atoms with Crippen molar-refractivity contribution in [3.63, 3.8) is 0 Å². The molecule has 0 amide bonds. The van der Waals surface area contributed by atoms with Crippen LogP contribution in [0, 0.1) is 46.3 Å². The fraction of sp³-hybridized carbons (Fsp3) is 1.00. The van der Waals surface area contributed by atoms with Gasteiger partial charge in [-0.25, -0.2) is 0 Å². The summed E-state index contributed by atoms with van der Waals surface area (Å²) in [5.74, 6) is 4.37. The van der Waals surface area contributed by atoms with Gasteiger partial charge in [0.1, 0.15) is 0 Å². The molecule has 4 aliphatic rings. The Bertz CT molecular complexity index is 1040. The van der Waals surface area contributed by atoms with Crippen LogP contribution in [0.1, 0.15) is 92.4 Å². The Labute approximate surface area is 291 Å². The summed E-state index contributed by atoms with van der Waals surface area (Å²) in [5.41, 5.74) is 0.552. The first-order chi connectivity index (χ1) is 20.6. The zero-order chi connectivity index (χ0) is 34.9. The fourth-order valence-electron chi connectivity index (χ4n) is 11.6. The summed E-state index contributed by atoms with van der Waals surface area (Å²) in [6.45, 7) is 41.1. The van der Waals surface area contributed by atoms with E-state index in [9.17, 15) is 0 Å². The Kier molecular flexibility index (Phi) is 11.5. The molecule has 0 aromatic rings. The minimum Gasteiger partial charge on any atom is -0.415 e. The smallest absolute Gasteiger partial charge is 0.184 e. The second-order valence-electron chi connectivity index (χ2n) is 21.6. The summed E-state index contributed by atoms with van der Waals surface area (Å²) < 4.78 is 28.0. The Morgan fingerprint density at radius 3 is 1.78 bits per heavy atom. The molecule has 4 nitrogen and oxygen atoms in total. The predicted octanol–water partition coefficient (Wildman–Crippen LogP) is 11.6. The zero-order valence-corrected chi connectivity index (χ0v) is 37.7. The Morgan fingerprint density at radius 2 is 1.24 bits per heavy atom. The van der Waals surface area contributed by atoms with Crippen molar-refractivity contribution in [3.8, 4) is 0 Å². The van der Waals surface area contributed by atoms with Crippen LogP contribution in [-0.2, 0) is 17.7 Å². The van der Waals surface area contributed by atoms with E-state index in [2.05, 4.69) is 113 Å². The highest BCUT2D eigenvalue weighted by molar-refractivity contribution is 6.71. The van der Waals surface area contributed by atoms with Crippen molar-refractivity contribution in [2.45, 2.75) is 195 Å². The van der Waals surface area contributed by atoms with Crippen molar-refractivity contribution >= 4 is 33.3 Å². The van der Waals surface area contributed by atoms with E-state index in [1.165, 1.54) is 51.4 Å². The summed E-state index contributed by atoms with van der Waals surface area (Å²) in [4.78, 5) is 0. The largest absolute Gasteiger partial charge is 0.415 e. The van der Waals surface area contributed by atoms with E-state index in [4.69, 9.17) is 17.7 Å². The van der Waals surface area contributed by atoms with Gasteiger partial charge in [0, 0.05) is 12.2 Å². The van der Waals surface area contributed by atoms with Crippen molar-refractivity contribution in [1.82, 2.24) is 0 Å². The van der Waals surface area contributed by atoms with Crippen LogP contribution >= 0.6 is 0 Å². The molecule has 0 saturated heterocycles. The van der Waals surface area contributed by atoms with Crippen molar-refractivity contribution < 1.29 is 17.7 Å². The summed E-state index contributed by atoms with van der Waals surface area (Å²) >= 11 is 0. The van der Waals surface area contributed by atoms with Crippen LogP contribution in [0.4, 0.5) is 0 Å². The highest BCUT2D eigenvalue weighted by Crippen LogP contribution is 2.69. The molecule has 8 unspecified atom stereocenters. The highest BCUT2D eigenvalue weighted by atomic mass is 28.4. The zero-order valence-electron chi connectivity index (χ0n) is 33.7. The third kappa shape index (κ3) is 9.13. The predicted molar refractivity (Wildman–Crippen MR) is 208 cm³/mol. The third-order valence-corrected chi connectivity index (χ3v) is 17.0. The molecule has 8 heteroatoms. The van der Waals surface area contributed by atoms with Gasteiger partial charge in [-0.2, -0.15) is 0 Å². The van der Waals surface area contributed by atoms with Crippen LogP contribution in [0.3, 0.4) is 0 Å². The molecule has 11 atom stereocenters. The fourth-order valence-corrected chi connectivity index (χ4v) is 16.9. The van der Waals surface area contributed by atoms with Crippen LogP contribution in [0.2, 0.25) is 78.6 Å². The monoisotopic (exact) mass is 710 g/mol. The van der Waals surface area contributed by atoms with E-state index in [0.717, 1.165) is 30.1 Å². The minimum absolute atomic E-state index is 0.144. The highest BCUT2D eigenvalue weighted by Gasteiger charge is 2.64. The first-order valence-corrected chi connectivity index (χ1v) is 33.0. The molecule has 4 fully saturated rings. The molecule has 270 valence electrons. The maximum Gasteiger partial charge on any atom is 0.184 e. The van der Waals surface area contributed by atoms with Crippen molar-refractivity contribution in [3.05, 3.63) is 0 Å². The lowest BCUT2D eigenvalue weighted by Crippen LogP contribution is -2.60. The van der Waals surface area contributed by atoms with Crippen molar-refractivity contribution in [2.24, 2.45) is 46.3 Å². The van der Waals surface area contributed by atoms with Gasteiger partial charge in [-0.3, -0.25) is 0 Å². The standard InChI is InChI=1S/C38H78O4Si4/c1-27(24-34(41-45(12,13)14)36(2,3)42-46(15,16)17)30-18-19-31-35-32(21-23-38(30,31)5)37(4)22-20-29(39-43(6,7)8)25-28(37)26-33(35)40-44(9,10)11/h27-35H,18-26H2,1-17H3/t27?,28-,29+,30?,31?,32?,33?,34-,35?,37?,38?/m0/s1. The van der Waals surface area contributed by atoms with Gasteiger partial charge in [0.05, 0.1) is 11.7 Å². The van der Waals surface area contributed by atoms with Crippen LogP contribution in [0.25, 0.3) is 0 Å². The van der Waals surface area contributed by atoms with Gasteiger partial charge in [0.2, 0.25) is 0 Å². The normalized spacial score (nSPS) is 38.9. The molecule has 0 spiro atoms. The van der Waals surface area contributed by atoms with Gasteiger partial charge >= 0.3 is 0 Å². The van der Waals surface area contributed by atoms with E-state index in [1.807, 2.05) is 0 Å². The summed E-state index contributed by atoms with van der Waals surface area (Å²) in [6.07, 6.45) is 12.8. The lowest BCUT2D eigenvalue weighted by Gasteiger charge is -2.64. The van der Waals surface area contributed by atoms with Crippen LogP contribution < -0.4 is 0 Å². The van der Waals surface area contributed by atoms with Crippen molar-refractivity contribution in [1.29, 1.82) is 0 Å². The summed E-state index contributed by atoms with van der Waals surface area (Å²) in [6, 6.07) is 0. The molecule has 4 rings (SSSR count). The van der Waals surface area contributed by atoms with E-state index in [0.29, 0.717) is 34.9 Å².